The molecular weight excluding hydrogens is 212 g/mol. The second-order valence-corrected chi connectivity index (χ2v) is 4.83. The van der Waals surface area contributed by atoms with Crippen molar-refractivity contribution in [2.24, 2.45) is 0 Å². The Morgan fingerprint density at radius 1 is 1.47 bits per heavy atom. The number of nitrogens with one attached hydrogen (secondary N) is 1. The third-order valence-electron chi connectivity index (χ3n) is 3.57. The maximum atomic E-state index is 4.35. The van der Waals surface area contributed by atoms with Crippen LogP contribution in [0.5, 0.6) is 0 Å². The molecule has 0 spiro atoms. The second kappa shape index (κ2) is 5.47. The van der Waals surface area contributed by atoms with E-state index in [4.69, 9.17) is 0 Å². The van der Waals surface area contributed by atoms with E-state index in [0.29, 0.717) is 6.04 Å². The quantitative estimate of drug-likeness (QED) is 0.853. The maximum absolute atomic E-state index is 4.35. The zero-order valence-corrected chi connectivity index (χ0v) is 11.0. The number of rotatable bonds is 3. The zero-order chi connectivity index (χ0) is 12.3. The molecule has 1 unspecified atom stereocenters. The Morgan fingerprint density at radius 2 is 2.29 bits per heavy atom. The third-order valence-corrected chi connectivity index (χ3v) is 3.57. The van der Waals surface area contributed by atoms with Crippen molar-refractivity contribution in [1.29, 1.82) is 0 Å². The van der Waals surface area contributed by atoms with Gasteiger partial charge in [0.2, 0.25) is 0 Å². The van der Waals surface area contributed by atoms with Crippen molar-refractivity contribution in [3.63, 3.8) is 0 Å². The summed E-state index contributed by atoms with van der Waals surface area (Å²) in [4.78, 5) is 9.27. The van der Waals surface area contributed by atoms with Crippen LogP contribution in [-0.2, 0) is 6.54 Å². The number of hydrogen-bond donors (Lipinski definition) is 1. The molecule has 4 heteroatoms. The fraction of sp³-hybridized carbons (Fsp3) is 0.615. The largest absolute Gasteiger partial charge is 0.373 e. The van der Waals surface area contributed by atoms with Crippen molar-refractivity contribution in [3.05, 3.63) is 23.9 Å². The molecule has 94 valence electrons. The molecule has 0 aromatic carbocycles. The summed E-state index contributed by atoms with van der Waals surface area (Å²) < 4.78 is 0. The Hall–Kier alpha value is -1.13. The number of pyridine rings is 1. The summed E-state index contributed by atoms with van der Waals surface area (Å²) >= 11 is 0. The van der Waals surface area contributed by atoms with Gasteiger partial charge in [0.1, 0.15) is 5.82 Å². The minimum Gasteiger partial charge on any atom is -0.373 e. The molecule has 0 bridgehead atoms. The van der Waals surface area contributed by atoms with Gasteiger partial charge in [-0.05, 0) is 20.0 Å². The Kier molecular flexibility index (Phi) is 3.97. The topological polar surface area (TPSA) is 31.4 Å². The third kappa shape index (κ3) is 2.96. The van der Waals surface area contributed by atoms with Crippen molar-refractivity contribution in [3.8, 4) is 0 Å². The second-order valence-electron chi connectivity index (χ2n) is 4.83. The van der Waals surface area contributed by atoms with E-state index in [1.165, 1.54) is 5.56 Å². The number of nitrogens with zero attached hydrogens (tertiary/aromatic N) is 3. The Labute approximate surface area is 104 Å². The summed E-state index contributed by atoms with van der Waals surface area (Å²) in [5.41, 5.74) is 1.28. The molecule has 1 atom stereocenters. The molecule has 1 aliphatic heterocycles. The van der Waals surface area contributed by atoms with Gasteiger partial charge in [0, 0.05) is 51.0 Å². The lowest BCUT2D eigenvalue weighted by Crippen LogP contribution is -2.49. The molecular formula is C13H22N4. The molecule has 1 aromatic rings. The smallest absolute Gasteiger partial charge is 0.130 e. The van der Waals surface area contributed by atoms with E-state index in [2.05, 4.69) is 40.1 Å². The fourth-order valence-electron chi connectivity index (χ4n) is 2.30. The summed E-state index contributed by atoms with van der Waals surface area (Å²) in [5.74, 6) is 0.999. The lowest BCUT2D eigenvalue weighted by Gasteiger charge is -2.37. The molecule has 1 saturated heterocycles. The average Bonchev–Trinajstić information content (AvgIpc) is 2.34. The predicted molar refractivity (Wildman–Crippen MR) is 71.2 cm³/mol. The van der Waals surface area contributed by atoms with Crippen molar-refractivity contribution in [1.82, 2.24) is 14.8 Å². The summed E-state index contributed by atoms with van der Waals surface area (Å²) in [7, 11) is 4.13. The number of hydrogen-bond acceptors (Lipinski definition) is 4. The Balaban J connectivity index is 2.01. The van der Waals surface area contributed by atoms with Gasteiger partial charge < -0.3 is 10.2 Å². The molecule has 1 fully saturated rings. The molecule has 0 saturated carbocycles. The standard InChI is InChI=1S/C13H22N4/c1-11-9-17(8-7-16(11)3)10-12-5-4-6-15-13(12)14-2/h4-6,11H,7-10H2,1-3H3,(H,14,15). The maximum Gasteiger partial charge on any atom is 0.130 e. The van der Waals surface area contributed by atoms with Gasteiger partial charge in [0.25, 0.3) is 0 Å². The predicted octanol–water partition coefficient (Wildman–Crippen LogP) is 1.26. The van der Waals surface area contributed by atoms with Crippen LogP contribution in [0.15, 0.2) is 18.3 Å². The highest BCUT2D eigenvalue weighted by molar-refractivity contribution is 5.42. The van der Waals surface area contributed by atoms with E-state index in [1.54, 1.807) is 0 Å². The van der Waals surface area contributed by atoms with Gasteiger partial charge in [0.15, 0.2) is 0 Å². The van der Waals surface area contributed by atoms with Crippen LogP contribution in [-0.4, -0.2) is 54.6 Å². The molecule has 1 N–H and O–H groups in total. The first-order chi connectivity index (χ1) is 8.20. The first-order valence-electron chi connectivity index (χ1n) is 6.25. The summed E-state index contributed by atoms with van der Waals surface area (Å²) in [6.45, 7) is 6.69. The van der Waals surface area contributed by atoms with E-state index in [9.17, 15) is 0 Å². The van der Waals surface area contributed by atoms with Crippen molar-refractivity contribution in [2.75, 3.05) is 39.0 Å². The molecule has 2 heterocycles. The molecule has 17 heavy (non-hydrogen) atoms. The van der Waals surface area contributed by atoms with Crippen LogP contribution in [0, 0.1) is 0 Å². The lowest BCUT2D eigenvalue weighted by molar-refractivity contribution is 0.100. The zero-order valence-electron chi connectivity index (χ0n) is 11.0. The molecule has 0 amide bonds. The van der Waals surface area contributed by atoms with Gasteiger partial charge >= 0.3 is 0 Å². The van der Waals surface area contributed by atoms with Gasteiger partial charge in [-0.15, -0.1) is 0 Å². The summed E-state index contributed by atoms with van der Waals surface area (Å²) in [6.07, 6.45) is 1.84. The highest BCUT2D eigenvalue weighted by Gasteiger charge is 2.21. The minimum absolute atomic E-state index is 0.637. The molecule has 1 aromatic heterocycles. The minimum atomic E-state index is 0.637. The van der Waals surface area contributed by atoms with Crippen molar-refractivity contribution < 1.29 is 0 Å². The molecule has 0 aliphatic carbocycles. The highest BCUT2D eigenvalue weighted by Crippen LogP contribution is 2.16. The summed E-state index contributed by atoms with van der Waals surface area (Å²) in [5, 5.41) is 3.16. The number of anilines is 1. The number of aromatic nitrogens is 1. The molecule has 1 aliphatic rings. The highest BCUT2D eigenvalue weighted by atomic mass is 15.3. The Morgan fingerprint density at radius 3 is 3.00 bits per heavy atom. The molecule has 2 rings (SSSR count). The van der Waals surface area contributed by atoms with Gasteiger partial charge in [-0.1, -0.05) is 6.07 Å². The van der Waals surface area contributed by atoms with Gasteiger partial charge in [-0.2, -0.15) is 0 Å². The monoisotopic (exact) mass is 234 g/mol. The van der Waals surface area contributed by atoms with Gasteiger partial charge in [-0.3, -0.25) is 4.90 Å². The van der Waals surface area contributed by atoms with E-state index < -0.39 is 0 Å². The van der Waals surface area contributed by atoms with E-state index in [-0.39, 0.29) is 0 Å². The van der Waals surface area contributed by atoms with E-state index >= 15 is 0 Å². The van der Waals surface area contributed by atoms with Crippen molar-refractivity contribution >= 4 is 5.82 Å². The van der Waals surface area contributed by atoms with Crippen LogP contribution in [0.25, 0.3) is 0 Å². The Bertz CT molecular complexity index is 366. The van der Waals surface area contributed by atoms with Crippen LogP contribution < -0.4 is 5.32 Å². The first-order valence-corrected chi connectivity index (χ1v) is 6.25. The van der Waals surface area contributed by atoms with E-state index in [0.717, 1.165) is 32.0 Å². The van der Waals surface area contributed by atoms with Gasteiger partial charge in [0.05, 0.1) is 0 Å². The van der Waals surface area contributed by atoms with Crippen LogP contribution in [0.1, 0.15) is 12.5 Å². The normalized spacial score (nSPS) is 22.6. The van der Waals surface area contributed by atoms with Crippen LogP contribution in [0.2, 0.25) is 0 Å². The molecule has 4 nitrogen and oxygen atoms in total. The number of piperazine rings is 1. The fourth-order valence-corrected chi connectivity index (χ4v) is 2.30. The summed E-state index contributed by atoms with van der Waals surface area (Å²) in [6, 6.07) is 4.80. The average molecular weight is 234 g/mol. The lowest BCUT2D eigenvalue weighted by atomic mass is 10.1. The number of likely N-dealkylation sites (N-methyl/N-ethyl adjacent to an activating group) is 1. The van der Waals surface area contributed by atoms with Gasteiger partial charge in [-0.25, -0.2) is 4.98 Å². The first kappa shape index (κ1) is 12.3. The van der Waals surface area contributed by atoms with Crippen LogP contribution in [0.3, 0.4) is 0 Å². The van der Waals surface area contributed by atoms with Crippen LogP contribution in [0.4, 0.5) is 5.82 Å². The van der Waals surface area contributed by atoms with Crippen molar-refractivity contribution in [2.45, 2.75) is 19.5 Å². The SMILES string of the molecule is CNc1ncccc1CN1CCN(C)C(C)C1. The van der Waals surface area contributed by atoms with Crippen LogP contribution >= 0.6 is 0 Å². The van der Waals surface area contributed by atoms with E-state index in [1.807, 2.05) is 19.3 Å². The molecule has 0 radical (unpaired) electrons.